The zero-order chi connectivity index (χ0) is 22.1. The molecule has 0 radical (unpaired) electrons. The Morgan fingerprint density at radius 3 is 2.53 bits per heavy atom. The topological polar surface area (TPSA) is 51.2 Å². The van der Waals surface area contributed by atoms with Gasteiger partial charge in [-0.3, -0.25) is 9.69 Å². The number of benzene rings is 3. The van der Waals surface area contributed by atoms with Gasteiger partial charge < -0.3 is 19.1 Å². The Hall–Kier alpha value is -3.84. The average Bonchev–Trinajstić information content (AvgIpc) is 3.37. The van der Waals surface area contributed by atoms with Gasteiger partial charge in [0.2, 0.25) is 6.79 Å². The van der Waals surface area contributed by atoms with Crippen LogP contribution in [-0.4, -0.2) is 29.8 Å². The normalized spacial score (nSPS) is 16.2. The van der Waals surface area contributed by atoms with Crippen molar-refractivity contribution in [3.8, 4) is 17.2 Å². The quantitative estimate of drug-likeness (QED) is 0.424. The number of carbonyl (C=O) groups is 1. The molecule has 2 aliphatic rings. The number of carbonyl (C=O) groups excluding carboxylic acids is 1. The van der Waals surface area contributed by atoms with Crippen molar-refractivity contribution in [1.29, 1.82) is 0 Å². The lowest BCUT2D eigenvalue weighted by atomic mass is 10.1. The molecule has 2 aliphatic heterocycles. The lowest BCUT2D eigenvalue weighted by molar-refractivity contribution is -0.114. The number of thiocarbonyl (C=S) groups is 1. The van der Waals surface area contributed by atoms with E-state index in [4.69, 9.17) is 26.4 Å². The van der Waals surface area contributed by atoms with Crippen molar-refractivity contribution in [3.63, 3.8) is 0 Å². The van der Waals surface area contributed by atoms with E-state index in [0.717, 1.165) is 16.9 Å². The van der Waals surface area contributed by atoms with Crippen LogP contribution in [0.4, 0.5) is 5.69 Å². The molecule has 2 heterocycles. The number of ether oxygens (including phenoxy) is 3. The van der Waals surface area contributed by atoms with Crippen LogP contribution in [0.15, 0.2) is 78.5 Å². The standard InChI is InChI=1S/C25H20N2O4S/c1-26-21(13-18-7-12-22-23(14-18)31-16-30-22)24(28)27(25(26)32)19-8-10-20(11-9-19)29-15-17-5-3-2-4-6-17/h2-14H,15-16H2,1H3/b21-13+. The van der Waals surface area contributed by atoms with E-state index in [9.17, 15) is 4.79 Å². The summed E-state index contributed by atoms with van der Waals surface area (Å²) in [6.07, 6.45) is 1.80. The number of hydrogen-bond acceptors (Lipinski definition) is 5. The molecule has 0 N–H and O–H groups in total. The first-order chi connectivity index (χ1) is 15.6. The third-order valence-corrected chi connectivity index (χ3v) is 5.76. The third kappa shape index (κ3) is 3.78. The van der Waals surface area contributed by atoms with Crippen LogP contribution in [0.3, 0.4) is 0 Å². The lowest BCUT2D eigenvalue weighted by Crippen LogP contribution is -2.31. The molecule has 1 fully saturated rings. The Bertz CT molecular complexity index is 1210. The summed E-state index contributed by atoms with van der Waals surface area (Å²) >= 11 is 5.56. The average molecular weight is 445 g/mol. The smallest absolute Gasteiger partial charge is 0.281 e. The first-order valence-electron chi connectivity index (χ1n) is 10.1. The third-order valence-electron chi connectivity index (χ3n) is 5.31. The molecular weight excluding hydrogens is 424 g/mol. The lowest BCUT2D eigenvalue weighted by Gasteiger charge is -2.17. The molecule has 0 aliphatic carbocycles. The van der Waals surface area contributed by atoms with Crippen LogP contribution < -0.4 is 19.1 Å². The fourth-order valence-electron chi connectivity index (χ4n) is 3.58. The van der Waals surface area contributed by atoms with Crippen molar-refractivity contribution in [2.75, 3.05) is 18.7 Å². The van der Waals surface area contributed by atoms with Gasteiger partial charge in [0.05, 0.1) is 5.69 Å². The molecule has 1 saturated heterocycles. The fourth-order valence-corrected chi connectivity index (χ4v) is 3.86. The summed E-state index contributed by atoms with van der Waals surface area (Å²) in [7, 11) is 1.79. The number of rotatable bonds is 5. The van der Waals surface area contributed by atoms with E-state index in [1.54, 1.807) is 18.0 Å². The molecule has 3 aromatic rings. The molecule has 0 bridgehead atoms. The van der Waals surface area contributed by atoms with Crippen molar-refractivity contribution in [3.05, 3.63) is 89.6 Å². The van der Waals surface area contributed by atoms with E-state index >= 15 is 0 Å². The van der Waals surface area contributed by atoms with Crippen LogP contribution in [0.1, 0.15) is 11.1 Å². The van der Waals surface area contributed by atoms with Gasteiger partial charge in [-0.15, -0.1) is 0 Å². The van der Waals surface area contributed by atoms with Gasteiger partial charge >= 0.3 is 0 Å². The molecule has 0 aromatic heterocycles. The zero-order valence-electron chi connectivity index (χ0n) is 17.4. The molecule has 0 unspecified atom stereocenters. The van der Waals surface area contributed by atoms with Crippen LogP contribution >= 0.6 is 12.2 Å². The van der Waals surface area contributed by atoms with Crippen LogP contribution in [0.25, 0.3) is 6.08 Å². The summed E-state index contributed by atoms with van der Waals surface area (Å²) in [6.45, 7) is 0.684. The molecule has 5 rings (SSSR count). The number of amides is 1. The number of nitrogens with zero attached hydrogens (tertiary/aromatic N) is 2. The summed E-state index contributed by atoms with van der Waals surface area (Å²) < 4.78 is 16.6. The minimum Gasteiger partial charge on any atom is -0.489 e. The van der Waals surface area contributed by atoms with Gasteiger partial charge in [-0.05, 0) is 65.8 Å². The molecule has 3 aromatic carbocycles. The molecule has 0 spiro atoms. The molecule has 0 atom stereocenters. The van der Waals surface area contributed by atoms with Crippen molar-refractivity contribution < 1.29 is 19.0 Å². The Labute approximate surface area is 191 Å². The second kappa shape index (κ2) is 8.36. The van der Waals surface area contributed by atoms with Crippen molar-refractivity contribution in [2.24, 2.45) is 0 Å². The summed E-state index contributed by atoms with van der Waals surface area (Å²) in [5, 5.41) is 0.417. The summed E-state index contributed by atoms with van der Waals surface area (Å²) in [5.74, 6) is 1.90. The van der Waals surface area contributed by atoms with Gasteiger partial charge in [-0.1, -0.05) is 36.4 Å². The highest BCUT2D eigenvalue weighted by atomic mass is 32.1. The Morgan fingerprint density at radius 2 is 1.75 bits per heavy atom. The number of fused-ring (bicyclic) bond motifs is 1. The molecule has 7 heteroatoms. The Balaban J connectivity index is 1.34. The van der Waals surface area contributed by atoms with Crippen LogP contribution in [0.2, 0.25) is 0 Å². The number of likely N-dealkylation sites (N-methyl/N-ethyl adjacent to an activating group) is 1. The minimum absolute atomic E-state index is 0.187. The Morgan fingerprint density at radius 1 is 1.00 bits per heavy atom. The SMILES string of the molecule is CN1C(=S)N(c2ccc(OCc3ccccc3)cc2)C(=O)/C1=C\c1ccc2c(c1)OCO2. The van der Waals surface area contributed by atoms with Crippen LogP contribution in [0.5, 0.6) is 17.2 Å². The highest BCUT2D eigenvalue weighted by molar-refractivity contribution is 7.80. The highest BCUT2D eigenvalue weighted by Crippen LogP contribution is 2.34. The molecular formula is C25H20N2O4S. The highest BCUT2D eigenvalue weighted by Gasteiger charge is 2.36. The molecule has 1 amide bonds. The van der Waals surface area contributed by atoms with Crippen molar-refractivity contribution in [2.45, 2.75) is 6.61 Å². The van der Waals surface area contributed by atoms with E-state index in [-0.39, 0.29) is 12.7 Å². The van der Waals surface area contributed by atoms with E-state index in [0.29, 0.717) is 34.6 Å². The second-order valence-corrected chi connectivity index (χ2v) is 7.76. The monoisotopic (exact) mass is 444 g/mol. The van der Waals surface area contributed by atoms with Gasteiger partial charge in [0.1, 0.15) is 18.1 Å². The zero-order valence-corrected chi connectivity index (χ0v) is 18.2. The van der Waals surface area contributed by atoms with Gasteiger partial charge in [0, 0.05) is 7.05 Å². The van der Waals surface area contributed by atoms with Gasteiger partial charge in [-0.2, -0.15) is 0 Å². The molecule has 6 nitrogen and oxygen atoms in total. The minimum atomic E-state index is -0.187. The molecule has 0 saturated carbocycles. The Kier molecular flexibility index (Phi) is 5.25. The van der Waals surface area contributed by atoms with Crippen LogP contribution in [-0.2, 0) is 11.4 Å². The number of anilines is 1. The predicted octanol–water partition coefficient (Wildman–Crippen LogP) is 4.60. The second-order valence-electron chi connectivity index (χ2n) is 7.39. The number of hydrogen-bond donors (Lipinski definition) is 0. The summed E-state index contributed by atoms with van der Waals surface area (Å²) in [6, 6.07) is 22.9. The van der Waals surface area contributed by atoms with E-state index in [1.807, 2.05) is 72.8 Å². The largest absolute Gasteiger partial charge is 0.489 e. The van der Waals surface area contributed by atoms with Crippen molar-refractivity contribution in [1.82, 2.24) is 4.90 Å². The molecule has 32 heavy (non-hydrogen) atoms. The van der Waals surface area contributed by atoms with Crippen molar-refractivity contribution >= 4 is 35.0 Å². The fraction of sp³-hybridized carbons (Fsp3) is 0.120. The van der Waals surface area contributed by atoms with Gasteiger partial charge in [0.25, 0.3) is 5.91 Å². The van der Waals surface area contributed by atoms with Gasteiger partial charge in [0.15, 0.2) is 16.6 Å². The first-order valence-corrected chi connectivity index (χ1v) is 10.5. The first kappa shape index (κ1) is 20.1. The maximum atomic E-state index is 13.2. The van der Waals surface area contributed by atoms with E-state index in [2.05, 4.69) is 0 Å². The predicted molar refractivity (Wildman–Crippen MR) is 126 cm³/mol. The molecule has 160 valence electrons. The maximum absolute atomic E-state index is 13.2. The van der Waals surface area contributed by atoms with Gasteiger partial charge in [-0.25, -0.2) is 0 Å². The summed E-state index contributed by atoms with van der Waals surface area (Å²) in [4.78, 5) is 16.4. The summed E-state index contributed by atoms with van der Waals surface area (Å²) in [5.41, 5.74) is 3.09. The van der Waals surface area contributed by atoms with E-state index < -0.39 is 0 Å². The van der Waals surface area contributed by atoms with E-state index in [1.165, 1.54) is 4.90 Å². The maximum Gasteiger partial charge on any atom is 0.281 e. The van der Waals surface area contributed by atoms with Crippen LogP contribution in [0, 0.1) is 0 Å².